The van der Waals surface area contributed by atoms with Gasteiger partial charge >= 0.3 is 17.9 Å². The van der Waals surface area contributed by atoms with Crippen LogP contribution in [-0.2, 0) is 28.6 Å². The highest BCUT2D eigenvalue weighted by Gasteiger charge is 2.19. The fraction of sp³-hybridized carbons (Fsp3) is 0.610. The smallest absolute Gasteiger partial charge is 0.306 e. The first-order valence-corrected chi connectivity index (χ1v) is 26.0. The molecular formula is C59H94O6. The number of rotatable bonds is 45. The molecule has 0 saturated heterocycles. The van der Waals surface area contributed by atoms with Crippen molar-refractivity contribution in [1.82, 2.24) is 0 Å². The normalized spacial score (nSPS) is 13.1. The Morgan fingerprint density at radius 3 is 1.11 bits per heavy atom. The van der Waals surface area contributed by atoms with Crippen molar-refractivity contribution < 1.29 is 28.6 Å². The van der Waals surface area contributed by atoms with Crippen LogP contribution in [0.1, 0.15) is 213 Å². The van der Waals surface area contributed by atoms with Gasteiger partial charge in [-0.3, -0.25) is 14.4 Å². The molecule has 1 atom stereocenters. The number of esters is 3. The van der Waals surface area contributed by atoms with Crippen molar-refractivity contribution in [3.8, 4) is 0 Å². The van der Waals surface area contributed by atoms with Gasteiger partial charge < -0.3 is 14.2 Å². The van der Waals surface area contributed by atoms with Crippen LogP contribution >= 0.6 is 0 Å². The lowest BCUT2D eigenvalue weighted by Crippen LogP contribution is -2.30. The maximum absolute atomic E-state index is 12.8. The first kappa shape index (κ1) is 60.8. The Bertz CT molecular complexity index is 1400. The van der Waals surface area contributed by atoms with E-state index < -0.39 is 12.1 Å². The predicted molar refractivity (Wildman–Crippen MR) is 279 cm³/mol. The first-order chi connectivity index (χ1) is 32.0. The third-order valence-electron chi connectivity index (χ3n) is 10.4. The second-order valence-corrected chi connectivity index (χ2v) is 16.7. The molecule has 0 radical (unpaired) electrons. The summed E-state index contributed by atoms with van der Waals surface area (Å²) in [6.07, 6.45) is 72.0. The minimum Gasteiger partial charge on any atom is -0.462 e. The van der Waals surface area contributed by atoms with Crippen LogP contribution in [0.5, 0.6) is 0 Å². The average molecular weight is 899 g/mol. The Balaban J connectivity index is 4.63. The van der Waals surface area contributed by atoms with Crippen LogP contribution in [0.15, 0.2) is 122 Å². The molecule has 0 aliphatic heterocycles. The van der Waals surface area contributed by atoms with Crippen LogP contribution < -0.4 is 0 Å². The molecule has 0 aromatic rings. The second-order valence-electron chi connectivity index (χ2n) is 16.7. The molecule has 0 aromatic heterocycles. The summed E-state index contributed by atoms with van der Waals surface area (Å²) in [5, 5.41) is 0. The summed E-state index contributed by atoms with van der Waals surface area (Å²) in [7, 11) is 0. The molecule has 0 spiro atoms. The molecule has 65 heavy (non-hydrogen) atoms. The fourth-order valence-corrected chi connectivity index (χ4v) is 6.54. The van der Waals surface area contributed by atoms with E-state index in [2.05, 4.69) is 130 Å². The van der Waals surface area contributed by atoms with Crippen molar-refractivity contribution in [2.24, 2.45) is 0 Å². The van der Waals surface area contributed by atoms with E-state index in [1.165, 1.54) is 70.6 Å². The molecule has 0 aliphatic carbocycles. The Morgan fingerprint density at radius 1 is 0.323 bits per heavy atom. The number of hydrogen-bond acceptors (Lipinski definition) is 6. The van der Waals surface area contributed by atoms with Crippen LogP contribution in [0.2, 0.25) is 0 Å². The number of hydrogen-bond donors (Lipinski definition) is 0. The zero-order valence-electron chi connectivity index (χ0n) is 41.7. The average Bonchev–Trinajstić information content (AvgIpc) is 3.30. The minimum absolute atomic E-state index is 0.136. The second kappa shape index (κ2) is 52.4. The molecular weight excluding hydrogens is 805 g/mol. The molecule has 0 rings (SSSR count). The summed E-state index contributed by atoms with van der Waals surface area (Å²) in [6.45, 7) is 6.35. The monoisotopic (exact) mass is 899 g/mol. The quantitative estimate of drug-likeness (QED) is 0.0262. The number of ether oxygens (including phenoxy) is 3. The van der Waals surface area contributed by atoms with Gasteiger partial charge in [-0.1, -0.05) is 200 Å². The molecule has 366 valence electrons. The van der Waals surface area contributed by atoms with Gasteiger partial charge in [0.25, 0.3) is 0 Å². The minimum atomic E-state index is -0.848. The number of carbonyl (C=O) groups excluding carboxylic acids is 3. The largest absolute Gasteiger partial charge is 0.462 e. The van der Waals surface area contributed by atoms with Crippen LogP contribution in [0.3, 0.4) is 0 Å². The fourth-order valence-electron chi connectivity index (χ4n) is 6.54. The van der Waals surface area contributed by atoms with Gasteiger partial charge in [0.1, 0.15) is 13.2 Å². The molecule has 1 unspecified atom stereocenters. The van der Waals surface area contributed by atoms with Crippen LogP contribution in [-0.4, -0.2) is 37.2 Å². The lowest BCUT2D eigenvalue weighted by Gasteiger charge is -2.18. The number of allylic oxidation sites excluding steroid dienone is 20. The molecule has 0 aliphatic rings. The maximum Gasteiger partial charge on any atom is 0.306 e. The molecule has 0 saturated carbocycles. The van der Waals surface area contributed by atoms with Crippen molar-refractivity contribution in [1.29, 1.82) is 0 Å². The first-order valence-electron chi connectivity index (χ1n) is 26.0. The Morgan fingerprint density at radius 2 is 0.646 bits per heavy atom. The predicted octanol–water partition coefficient (Wildman–Crippen LogP) is 17.3. The van der Waals surface area contributed by atoms with Crippen molar-refractivity contribution in [2.75, 3.05) is 13.2 Å². The van der Waals surface area contributed by atoms with Crippen molar-refractivity contribution in [2.45, 2.75) is 219 Å². The summed E-state index contributed by atoms with van der Waals surface area (Å²) in [5.74, 6) is -1.10. The highest BCUT2D eigenvalue weighted by molar-refractivity contribution is 5.71. The van der Waals surface area contributed by atoms with Crippen LogP contribution in [0, 0.1) is 0 Å². The van der Waals surface area contributed by atoms with E-state index in [1.807, 2.05) is 12.2 Å². The lowest BCUT2D eigenvalue weighted by molar-refractivity contribution is -0.166. The molecule has 0 amide bonds. The van der Waals surface area contributed by atoms with Gasteiger partial charge in [-0.05, 0) is 116 Å². The highest BCUT2D eigenvalue weighted by Crippen LogP contribution is 2.11. The Kier molecular flexibility index (Phi) is 49.1. The van der Waals surface area contributed by atoms with Gasteiger partial charge in [0.05, 0.1) is 0 Å². The number of unbranched alkanes of at least 4 members (excludes halogenated alkanes) is 14. The maximum atomic E-state index is 12.8. The van der Waals surface area contributed by atoms with Gasteiger partial charge in [0.2, 0.25) is 0 Å². The van der Waals surface area contributed by atoms with Crippen molar-refractivity contribution in [3.05, 3.63) is 122 Å². The van der Waals surface area contributed by atoms with Gasteiger partial charge in [-0.25, -0.2) is 0 Å². The molecule has 6 nitrogen and oxygen atoms in total. The lowest BCUT2D eigenvalue weighted by atomic mass is 10.1. The zero-order chi connectivity index (χ0) is 47.2. The summed E-state index contributed by atoms with van der Waals surface area (Å²) in [6, 6.07) is 0. The SMILES string of the molecule is CC/C=C\C/C=C\C/C=C\C/C=C\C/C=C\CCC(=O)OC(COC(=O)CCC/C=C\C/C=C\C/C=C\C/C=C\CCCCC)COC(=O)CCCCC/C=C\CCCCCCCCC. The van der Waals surface area contributed by atoms with E-state index in [0.717, 1.165) is 89.9 Å². The summed E-state index contributed by atoms with van der Waals surface area (Å²) >= 11 is 0. The summed E-state index contributed by atoms with van der Waals surface area (Å²) < 4.78 is 16.7. The van der Waals surface area contributed by atoms with Gasteiger partial charge in [0.15, 0.2) is 6.10 Å². The van der Waals surface area contributed by atoms with E-state index in [-0.39, 0.29) is 38.0 Å². The molecule has 0 N–H and O–H groups in total. The third-order valence-corrected chi connectivity index (χ3v) is 10.4. The van der Waals surface area contributed by atoms with E-state index >= 15 is 0 Å². The Hall–Kier alpha value is -4.19. The zero-order valence-corrected chi connectivity index (χ0v) is 41.7. The summed E-state index contributed by atoms with van der Waals surface area (Å²) in [5.41, 5.74) is 0. The van der Waals surface area contributed by atoms with E-state index in [4.69, 9.17) is 14.2 Å². The molecule has 0 aromatic carbocycles. The third kappa shape index (κ3) is 50.7. The van der Waals surface area contributed by atoms with Gasteiger partial charge in [0, 0.05) is 19.3 Å². The molecule has 6 heteroatoms. The highest BCUT2D eigenvalue weighted by atomic mass is 16.6. The standard InChI is InChI=1S/C59H94O6/c1-4-7-10-13-16-19-22-25-28-30-32-34-37-40-43-46-49-52-58(61)64-55-56(54-63-57(60)51-48-45-42-39-36-33-27-24-21-18-15-12-9-6-3)65-59(62)53-50-47-44-41-38-35-31-29-26-23-20-17-14-11-8-5-2/h8,11,16-17,19-20,25-26,28-29,32-36,38,40,43-44,47,56H,4-7,9-10,12-15,18,21-24,27,30-31,37,39,41-42,45-46,48-55H2,1-3H3/b11-8-,19-16-,20-17-,28-25-,29-26-,34-32-,36-33-,38-35-,43-40-,47-44-. The number of carbonyl (C=O) groups is 3. The van der Waals surface area contributed by atoms with Crippen molar-refractivity contribution in [3.63, 3.8) is 0 Å². The van der Waals surface area contributed by atoms with Gasteiger partial charge in [-0.2, -0.15) is 0 Å². The molecule has 0 heterocycles. The van der Waals surface area contributed by atoms with E-state index in [0.29, 0.717) is 19.3 Å². The van der Waals surface area contributed by atoms with E-state index in [9.17, 15) is 14.4 Å². The van der Waals surface area contributed by atoms with E-state index in [1.54, 1.807) is 0 Å². The van der Waals surface area contributed by atoms with Crippen LogP contribution in [0.25, 0.3) is 0 Å². The summed E-state index contributed by atoms with van der Waals surface area (Å²) in [4.78, 5) is 37.9. The topological polar surface area (TPSA) is 78.9 Å². The Labute approximate surface area is 399 Å². The van der Waals surface area contributed by atoms with Gasteiger partial charge in [-0.15, -0.1) is 0 Å². The van der Waals surface area contributed by atoms with Crippen LogP contribution in [0.4, 0.5) is 0 Å². The molecule has 0 fully saturated rings. The van der Waals surface area contributed by atoms with Crippen molar-refractivity contribution >= 4 is 17.9 Å². The molecule has 0 bridgehead atoms.